The molecule has 0 radical (unpaired) electrons. The maximum Gasteiger partial charge on any atom is 0.262 e. The van der Waals surface area contributed by atoms with Crippen molar-refractivity contribution < 1.29 is 0 Å². The zero-order valence-electron chi connectivity index (χ0n) is 10.1. The van der Waals surface area contributed by atoms with E-state index in [1.807, 2.05) is 32.0 Å². The van der Waals surface area contributed by atoms with Crippen LogP contribution < -0.4 is 11.0 Å². The van der Waals surface area contributed by atoms with E-state index < -0.39 is 0 Å². The first-order chi connectivity index (χ1) is 8.09. The van der Waals surface area contributed by atoms with E-state index in [0.29, 0.717) is 16.9 Å². The van der Waals surface area contributed by atoms with E-state index in [1.54, 1.807) is 13.1 Å². The van der Waals surface area contributed by atoms with Crippen molar-refractivity contribution in [1.29, 1.82) is 0 Å². The number of hydrazone groups is 1. The lowest BCUT2D eigenvalue weighted by molar-refractivity contribution is 0.845. The van der Waals surface area contributed by atoms with Crippen LogP contribution in [0.15, 0.2) is 34.2 Å². The third-order valence-corrected chi connectivity index (χ3v) is 2.36. The molecule has 0 spiro atoms. The number of hydrogen-bond acceptors (Lipinski definition) is 4. The number of aromatic nitrogens is 2. The smallest absolute Gasteiger partial charge is 0.262 e. The highest BCUT2D eigenvalue weighted by Gasteiger charge is 2.06. The monoisotopic (exact) mass is 230 g/mol. The second kappa shape index (κ2) is 4.37. The summed E-state index contributed by atoms with van der Waals surface area (Å²) in [7, 11) is 1.67. The lowest BCUT2D eigenvalue weighted by Crippen LogP contribution is -2.21. The number of fused-ring (bicyclic) bond motifs is 1. The van der Waals surface area contributed by atoms with Gasteiger partial charge in [0, 0.05) is 12.8 Å². The summed E-state index contributed by atoms with van der Waals surface area (Å²) in [4.78, 5) is 16.4. The van der Waals surface area contributed by atoms with Crippen LogP contribution in [-0.4, -0.2) is 15.3 Å². The highest BCUT2D eigenvalue weighted by molar-refractivity contribution is 5.80. The van der Waals surface area contributed by atoms with E-state index in [0.717, 1.165) is 5.71 Å². The molecule has 2 aromatic rings. The van der Waals surface area contributed by atoms with Crippen molar-refractivity contribution in [3.05, 3.63) is 34.6 Å². The first-order valence-corrected chi connectivity index (χ1v) is 5.32. The Labute approximate surface area is 98.8 Å². The molecule has 17 heavy (non-hydrogen) atoms. The van der Waals surface area contributed by atoms with Crippen LogP contribution in [0, 0.1) is 0 Å². The number of anilines is 1. The summed E-state index contributed by atoms with van der Waals surface area (Å²) in [6, 6.07) is 7.26. The predicted octanol–water partition coefficient (Wildman–Crippen LogP) is 1.74. The van der Waals surface area contributed by atoms with Gasteiger partial charge in [-0.2, -0.15) is 5.10 Å². The van der Waals surface area contributed by atoms with Gasteiger partial charge in [-0.25, -0.2) is 10.4 Å². The Morgan fingerprint density at radius 2 is 2.06 bits per heavy atom. The molecule has 0 saturated heterocycles. The summed E-state index contributed by atoms with van der Waals surface area (Å²) >= 11 is 0. The topological polar surface area (TPSA) is 59.3 Å². The van der Waals surface area contributed by atoms with E-state index in [9.17, 15) is 4.79 Å². The van der Waals surface area contributed by atoms with Crippen molar-refractivity contribution in [2.75, 3.05) is 5.43 Å². The molecule has 1 aromatic heterocycles. The first-order valence-electron chi connectivity index (χ1n) is 5.32. The third kappa shape index (κ3) is 2.18. The van der Waals surface area contributed by atoms with Crippen LogP contribution in [0.2, 0.25) is 0 Å². The molecule has 88 valence electrons. The standard InChI is InChI=1S/C12H14N4O/c1-8(2)14-15-12-13-10-7-5-4-6-9(10)11(17)16(12)3/h4-7H,1-3H3,(H,13,15). The fourth-order valence-corrected chi connectivity index (χ4v) is 1.48. The molecule has 0 amide bonds. The third-order valence-electron chi connectivity index (χ3n) is 2.36. The molecule has 2 rings (SSSR count). The van der Waals surface area contributed by atoms with E-state index in [1.165, 1.54) is 4.57 Å². The zero-order valence-corrected chi connectivity index (χ0v) is 10.1. The van der Waals surface area contributed by atoms with Crippen LogP contribution in [-0.2, 0) is 7.05 Å². The van der Waals surface area contributed by atoms with Gasteiger partial charge in [-0.15, -0.1) is 0 Å². The van der Waals surface area contributed by atoms with Crippen LogP contribution in [0.25, 0.3) is 10.9 Å². The van der Waals surface area contributed by atoms with Crippen LogP contribution in [0.5, 0.6) is 0 Å². The van der Waals surface area contributed by atoms with Crippen LogP contribution >= 0.6 is 0 Å². The molecule has 0 unspecified atom stereocenters. The lowest BCUT2D eigenvalue weighted by atomic mass is 10.2. The number of rotatable bonds is 2. The minimum absolute atomic E-state index is 0.0814. The molecule has 1 N–H and O–H groups in total. The van der Waals surface area contributed by atoms with Crippen molar-refractivity contribution in [2.24, 2.45) is 12.1 Å². The Kier molecular flexibility index (Phi) is 2.91. The van der Waals surface area contributed by atoms with Gasteiger partial charge in [0.2, 0.25) is 5.95 Å². The highest BCUT2D eigenvalue weighted by atomic mass is 16.1. The summed E-state index contributed by atoms with van der Waals surface area (Å²) in [5, 5.41) is 4.66. The minimum Gasteiger partial charge on any atom is -0.280 e. The molecule has 0 aliphatic carbocycles. The minimum atomic E-state index is -0.0814. The van der Waals surface area contributed by atoms with Crippen molar-refractivity contribution >= 4 is 22.6 Å². The van der Waals surface area contributed by atoms with Gasteiger partial charge >= 0.3 is 0 Å². The maximum absolute atomic E-state index is 12.0. The van der Waals surface area contributed by atoms with Gasteiger partial charge in [-0.05, 0) is 26.0 Å². The molecule has 0 bridgehead atoms. The molecule has 1 heterocycles. The van der Waals surface area contributed by atoms with Gasteiger partial charge < -0.3 is 0 Å². The molecule has 5 heteroatoms. The molecule has 5 nitrogen and oxygen atoms in total. The second-order valence-electron chi connectivity index (χ2n) is 3.99. The molecule has 0 aliphatic heterocycles. The summed E-state index contributed by atoms with van der Waals surface area (Å²) in [6.45, 7) is 3.73. The SMILES string of the molecule is CC(C)=NNc1nc2ccccc2c(=O)n1C. The Hall–Kier alpha value is -2.17. The molecule has 1 aromatic carbocycles. The van der Waals surface area contributed by atoms with E-state index in [-0.39, 0.29) is 5.56 Å². The lowest BCUT2D eigenvalue weighted by Gasteiger charge is -2.07. The summed E-state index contributed by atoms with van der Waals surface area (Å²) in [5.74, 6) is 0.440. The summed E-state index contributed by atoms with van der Waals surface area (Å²) in [5.41, 5.74) is 4.24. The van der Waals surface area contributed by atoms with Crippen molar-refractivity contribution in [3.8, 4) is 0 Å². The number of nitrogens with one attached hydrogen (secondary N) is 1. The van der Waals surface area contributed by atoms with E-state index in [2.05, 4.69) is 15.5 Å². The molecule has 0 fully saturated rings. The van der Waals surface area contributed by atoms with Crippen LogP contribution in [0.4, 0.5) is 5.95 Å². The summed E-state index contributed by atoms with van der Waals surface area (Å²) in [6.07, 6.45) is 0. The van der Waals surface area contributed by atoms with Gasteiger partial charge in [0.05, 0.1) is 10.9 Å². The summed E-state index contributed by atoms with van der Waals surface area (Å²) < 4.78 is 1.45. The van der Waals surface area contributed by atoms with Crippen molar-refractivity contribution in [1.82, 2.24) is 9.55 Å². The van der Waals surface area contributed by atoms with Crippen molar-refractivity contribution in [3.63, 3.8) is 0 Å². The average molecular weight is 230 g/mol. The van der Waals surface area contributed by atoms with Gasteiger partial charge in [0.15, 0.2) is 0 Å². The Morgan fingerprint density at radius 3 is 2.76 bits per heavy atom. The van der Waals surface area contributed by atoms with Crippen LogP contribution in [0.3, 0.4) is 0 Å². The van der Waals surface area contributed by atoms with Crippen molar-refractivity contribution in [2.45, 2.75) is 13.8 Å². The molecule has 0 atom stereocenters. The fraction of sp³-hybridized carbons (Fsp3) is 0.250. The highest BCUT2D eigenvalue weighted by Crippen LogP contribution is 2.09. The normalized spacial score (nSPS) is 10.3. The van der Waals surface area contributed by atoms with Gasteiger partial charge in [0.25, 0.3) is 5.56 Å². The quantitative estimate of drug-likeness (QED) is 0.631. The molecule has 0 saturated carbocycles. The number of para-hydroxylation sites is 1. The zero-order chi connectivity index (χ0) is 12.4. The number of hydrogen-bond donors (Lipinski definition) is 1. The molecular weight excluding hydrogens is 216 g/mol. The van der Waals surface area contributed by atoms with Gasteiger partial charge in [0.1, 0.15) is 0 Å². The van der Waals surface area contributed by atoms with E-state index >= 15 is 0 Å². The number of benzene rings is 1. The number of nitrogens with zero attached hydrogens (tertiary/aromatic N) is 3. The fourth-order valence-electron chi connectivity index (χ4n) is 1.48. The van der Waals surface area contributed by atoms with Gasteiger partial charge in [-0.1, -0.05) is 12.1 Å². The second-order valence-corrected chi connectivity index (χ2v) is 3.99. The molecular formula is C12H14N4O. The largest absolute Gasteiger partial charge is 0.280 e. The predicted molar refractivity (Wildman–Crippen MR) is 69.4 cm³/mol. The Balaban J connectivity index is 2.62. The van der Waals surface area contributed by atoms with E-state index in [4.69, 9.17) is 0 Å². The average Bonchev–Trinajstić information content (AvgIpc) is 2.32. The first kappa shape index (κ1) is 11.3. The Bertz CT molecular complexity index is 638. The molecule has 0 aliphatic rings. The van der Waals surface area contributed by atoms with Gasteiger partial charge in [-0.3, -0.25) is 9.36 Å². The van der Waals surface area contributed by atoms with Crippen LogP contribution in [0.1, 0.15) is 13.8 Å². The maximum atomic E-state index is 12.0. The Morgan fingerprint density at radius 1 is 1.35 bits per heavy atom.